The molecular formula is C31H36ClN3O6S. The lowest BCUT2D eigenvalue weighted by atomic mass is 10.1. The van der Waals surface area contributed by atoms with Crippen LogP contribution in [0.15, 0.2) is 77.7 Å². The highest BCUT2D eigenvalue weighted by atomic mass is 35.5. The number of carbonyl (C=O) groups is 2. The van der Waals surface area contributed by atoms with Crippen LogP contribution in [0.3, 0.4) is 0 Å². The quantitative estimate of drug-likeness (QED) is 0.307. The maximum absolute atomic E-state index is 14.2. The number of methoxy groups -OCH3 is 2. The molecule has 11 heteroatoms. The van der Waals surface area contributed by atoms with Crippen molar-refractivity contribution in [2.75, 3.05) is 25.1 Å². The van der Waals surface area contributed by atoms with Crippen molar-refractivity contribution in [3.63, 3.8) is 0 Å². The van der Waals surface area contributed by atoms with E-state index in [0.717, 1.165) is 30.0 Å². The minimum Gasteiger partial charge on any atom is -0.497 e. The normalized spacial score (nSPS) is 14.2. The number of hydrogen-bond donors (Lipinski definition) is 1. The first-order chi connectivity index (χ1) is 20.1. The van der Waals surface area contributed by atoms with Gasteiger partial charge in [-0.05, 0) is 55.7 Å². The standard InChI is InChI=1S/C31H36ClN3O6S/c1-22(31(37)33-24-12-8-9-13-24)34(20-23-11-7-10-16-27(23)32)30(36)21-35(42(38,39)26-14-5-4-6-15-26)28-19-25(40-2)17-18-29(28)41-3/h4-7,10-11,14-19,22,24H,8-9,12-13,20-21H2,1-3H3,(H,33,37)/t22-/m1/s1. The SMILES string of the molecule is COc1ccc(OC)c(N(CC(=O)N(Cc2ccccc2Cl)[C@H](C)C(=O)NC2CCCC2)S(=O)(=O)c2ccccc2)c1. The van der Waals surface area contributed by atoms with E-state index in [1.54, 1.807) is 61.5 Å². The first kappa shape index (κ1) is 31.2. The van der Waals surface area contributed by atoms with E-state index in [4.69, 9.17) is 21.1 Å². The van der Waals surface area contributed by atoms with E-state index >= 15 is 0 Å². The second-order valence-electron chi connectivity index (χ2n) is 10.1. The summed E-state index contributed by atoms with van der Waals surface area (Å²) in [5.41, 5.74) is 0.749. The average molecular weight is 614 g/mol. The Labute approximate surface area is 252 Å². The molecule has 42 heavy (non-hydrogen) atoms. The van der Waals surface area contributed by atoms with Crippen molar-refractivity contribution >= 4 is 39.1 Å². The lowest BCUT2D eigenvalue weighted by Gasteiger charge is -2.33. The summed E-state index contributed by atoms with van der Waals surface area (Å²) < 4.78 is 40.0. The predicted octanol–water partition coefficient (Wildman–Crippen LogP) is 5.03. The van der Waals surface area contributed by atoms with Gasteiger partial charge in [-0.1, -0.05) is 60.8 Å². The van der Waals surface area contributed by atoms with Crippen LogP contribution < -0.4 is 19.1 Å². The highest BCUT2D eigenvalue weighted by Gasteiger charge is 2.35. The number of sulfonamides is 1. The van der Waals surface area contributed by atoms with E-state index in [2.05, 4.69) is 5.32 Å². The van der Waals surface area contributed by atoms with Crippen molar-refractivity contribution in [1.82, 2.24) is 10.2 Å². The number of nitrogens with one attached hydrogen (secondary N) is 1. The molecule has 1 aliphatic rings. The zero-order valence-corrected chi connectivity index (χ0v) is 25.5. The Bertz CT molecular complexity index is 1500. The van der Waals surface area contributed by atoms with Gasteiger partial charge >= 0.3 is 0 Å². The molecule has 0 heterocycles. The van der Waals surface area contributed by atoms with Gasteiger partial charge in [0.05, 0.1) is 24.8 Å². The third-order valence-corrected chi connectivity index (χ3v) is 9.57. The molecule has 0 bridgehead atoms. The molecule has 9 nitrogen and oxygen atoms in total. The number of nitrogens with zero attached hydrogens (tertiary/aromatic N) is 2. The molecule has 224 valence electrons. The predicted molar refractivity (Wildman–Crippen MR) is 162 cm³/mol. The third-order valence-electron chi connectivity index (χ3n) is 7.43. The van der Waals surface area contributed by atoms with E-state index in [-0.39, 0.29) is 34.8 Å². The van der Waals surface area contributed by atoms with Crippen molar-refractivity contribution in [2.45, 2.75) is 56.1 Å². The zero-order valence-electron chi connectivity index (χ0n) is 24.0. The fraction of sp³-hybridized carbons (Fsp3) is 0.355. The van der Waals surface area contributed by atoms with Crippen molar-refractivity contribution < 1.29 is 27.5 Å². The molecule has 4 rings (SSSR count). The topological polar surface area (TPSA) is 105 Å². The maximum Gasteiger partial charge on any atom is 0.264 e. The maximum atomic E-state index is 14.2. The van der Waals surface area contributed by atoms with Crippen molar-refractivity contribution in [3.8, 4) is 11.5 Å². The number of benzene rings is 3. The minimum absolute atomic E-state index is 0.00618. The number of amides is 2. The monoisotopic (exact) mass is 613 g/mol. The van der Waals surface area contributed by atoms with Crippen LogP contribution in [0.2, 0.25) is 5.02 Å². The fourth-order valence-electron chi connectivity index (χ4n) is 5.01. The highest BCUT2D eigenvalue weighted by molar-refractivity contribution is 7.92. The Balaban J connectivity index is 1.75. The van der Waals surface area contributed by atoms with Crippen LogP contribution in [0.1, 0.15) is 38.2 Å². The smallest absolute Gasteiger partial charge is 0.264 e. The molecule has 0 aliphatic heterocycles. The molecule has 0 spiro atoms. The van der Waals surface area contributed by atoms with Gasteiger partial charge < -0.3 is 19.7 Å². The Morgan fingerprint density at radius 2 is 1.64 bits per heavy atom. The summed E-state index contributed by atoms with van der Waals surface area (Å²) in [6.07, 6.45) is 3.85. The largest absolute Gasteiger partial charge is 0.497 e. The van der Waals surface area contributed by atoms with Crippen LogP contribution in [0.25, 0.3) is 0 Å². The van der Waals surface area contributed by atoms with E-state index in [9.17, 15) is 18.0 Å². The van der Waals surface area contributed by atoms with Crippen molar-refractivity contribution in [3.05, 3.63) is 83.4 Å². The summed E-state index contributed by atoms with van der Waals surface area (Å²) >= 11 is 6.45. The molecule has 1 aliphatic carbocycles. The molecule has 2 amide bonds. The van der Waals surface area contributed by atoms with Gasteiger partial charge in [0, 0.05) is 23.7 Å². The first-order valence-electron chi connectivity index (χ1n) is 13.8. The van der Waals surface area contributed by atoms with Crippen LogP contribution in [-0.4, -0.2) is 58.0 Å². The summed E-state index contributed by atoms with van der Waals surface area (Å²) in [4.78, 5) is 28.9. The van der Waals surface area contributed by atoms with Gasteiger partial charge in [-0.3, -0.25) is 13.9 Å². The lowest BCUT2D eigenvalue weighted by molar-refractivity contribution is -0.139. The van der Waals surface area contributed by atoms with Gasteiger partial charge in [-0.25, -0.2) is 8.42 Å². The second-order valence-corrected chi connectivity index (χ2v) is 12.4. The molecule has 3 aromatic rings. The molecule has 1 N–H and O–H groups in total. The molecular weight excluding hydrogens is 578 g/mol. The minimum atomic E-state index is -4.26. The molecule has 3 aromatic carbocycles. The Morgan fingerprint density at radius 1 is 0.976 bits per heavy atom. The molecule has 1 atom stereocenters. The van der Waals surface area contributed by atoms with E-state index in [0.29, 0.717) is 16.3 Å². The van der Waals surface area contributed by atoms with E-state index in [1.165, 1.54) is 37.3 Å². The Hall–Kier alpha value is -3.76. The van der Waals surface area contributed by atoms with Crippen molar-refractivity contribution in [1.29, 1.82) is 0 Å². The van der Waals surface area contributed by atoms with Gasteiger partial charge in [0.2, 0.25) is 11.8 Å². The molecule has 1 saturated carbocycles. The van der Waals surface area contributed by atoms with E-state index in [1.807, 2.05) is 0 Å². The Kier molecular flexibility index (Phi) is 10.3. The number of ether oxygens (including phenoxy) is 2. The van der Waals surface area contributed by atoms with Gasteiger partial charge in [0.25, 0.3) is 10.0 Å². The van der Waals surface area contributed by atoms with Crippen LogP contribution >= 0.6 is 11.6 Å². The molecule has 0 radical (unpaired) electrons. The summed E-state index contributed by atoms with van der Waals surface area (Å²) in [5.74, 6) is -0.288. The summed E-state index contributed by atoms with van der Waals surface area (Å²) in [5, 5.41) is 3.49. The van der Waals surface area contributed by atoms with Gasteiger partial charge in [0.15, 0.2) is 0 Å². The second kappa shape index (κ2) is 13.9. The summed E-state index contributed by atoms with van der Waals surface area (Å²) in [6, 6.07) is 18.7. The van der Waals surface area contributed by atoms with Crippen LogP contribution in [0.5, 0.6) is 11.5 Å². The van der Waals surface area contributed by atoms with Crippen LogP contribution in [-0.2, 0) is 26.2 Å². The number of anilines is 1. The number of rotatable bonds is 12. The van der Waals surface area contributed by atoms with Gasteiger partial charge in [0.1, 0.15) is 24.1 Å². The highest BCUT2D eigenvalue weighted by Crippen LogP contribution is 2.36. The van der Waals surface area contributed by atoms with Gasteiger partial charge in [-0.15, -0.1) is 0 Å². The molecule has 0 unspecified atom stereocenters. The van der Waals surface area contributed by atoms with Crippen LogP contribution in [0.4, 0.5) is 5.69 Å². The number of halogens is 1. The summed E-state index contributed by atoms with van der Waals surface area (Å²) in [7, 11) is -1.38. The fourth-order valence-corrected chi connectivity index (χ4v) is 6.64. The first-order valence-corrected chi connectivity index (χ1v) is 15.6. The molecule has 1 fully saturated rings. The number of carbonyl (C=O) groups excluding carboxylic acids is 2. The lowest BCUT2D eigenvalue weighted by Crippen LogP contribution is -2.52. The number of hydrogen-bond acceptors (Lipinski definition) is 6. The molecule has 0 saturated heterocycles. The van der Waals surface area contributed by atoms with Gasteiger partial charge in [-0.2, -0.15) is 0 Å². The Morgan fingerprint density at radius 3 is 2.29 bits per heavy atom. The third kappa shape index (κ3) is 7.17. The summed E-state index contributed by atoms with van der Waals surface area (Å²) in [6.45, 7) is 1.04. The van der Waals surface area contributed by atoms with Crippen molar-refractivity contribution in [2.24, 2.45) is 0 Å². The average Bonchev–Trinajstić information content (AvgIpc) is 3.52. The molecule has 0 aromatic heterocycles. The zero-order chi connectivity index (χ0) is 30.3. The van der Waals surface area contributed by atoms with E-state index < -0.39 is 28.5 Å². The van der Waals surface area contributed by atoms with Crippen LogP contribution in [0, 0.1) is 0 Å².